The van der Waals surface area contributed by atoms with Gasteiger partial charge in [0, 0.05) is 6.42 Å². The maximum atomic E-state index is 10.3. The molecule has 100 valence electrons. The summed E-state index contributed by atoms with van der Waals surface area (Å²) in [5, 5.41) is 8.80. The quantitative estimate of drug-likeness (QED) is 0.584. The van der Waals surface area contributed by atoms with Crippen LogP contribution in [0.2, 0.25) is 0 Å². The summed E-state index contributed by atoms with van der Waals surface area (Å²) >= 11 is 0. The summed E-state index contributed by atoms with van der Waals surface area (Å²) in [7, 11) is 0. The average molecular weight is 255 g/mol. The molecule has 0 heterocycles. The summed E-state index contributed by atoms with van der Waals surface area (Å²) in [6.07, 6.45) is 9.06. The molecule has 1 fully saturated rings. The van der Waals surface area contributed by atoms with Crippen molar-refractivity contribution in [3.05, 3.63) is 35.4 Å². The zero-order valence-electron chi connectivity index (χ0n) is 11.3. The standard InChI is InChI=1S/C17H21NO/c18-13-15-6-10-17(11-7-15)16-8-4-14(5-9-16)3-1-2-12-19/h6-7,10-12,14,16H,1-5,8-9H2. The molecule has 1 aromatic carbocycles. The summed E-state index contributed by atoms with van der Waals surface area (Å²) in [4.78, 5) is 10.3. The highest BCUT2D eigenvalue weighted by Crippen LogP contribution is 2.37. The molecule has 0 spiro atoms. The van der Waals surface area contributed by atoms with Crippen molar-refractivity contribution in [3.63, 3.8) is 0 Å². The molecule has 1 aliphatic carbocycles. The Balaban J connectivity index is 1.82. The van der Waals surface area contributed by atoms with Crippen LogP contribution in [0, 0.1) is 17.2 Å². The van der Waals surface area contributed by atoms with Gasteiger partial charge in [0.2, 0.25) is 0 Å². The van der Waals surface area contributed by atoms with Crippen LogP contribution in [-0.2, 0) is 4.79 Å². The Hall–Kier alpha value is -1.62. The molecule has 0 unspecified atom stereocenters. The van der Waals surface area contributed by atoms with E-state index in [0.717, 1.165) is 30.6 Å². The van der Waals surface area contributed by atoms with E-state index in [4.69, 9.17) is 5.26 Å². The van der Waals surface area contributed by atoms with Gasteiger partial charge in [0.05, 0.1) is 11.6 Å². The average Bonchev–Trinajstić information content (AvgIpc) is 2.48. The fourth-order valence-electron chi connectivity index (χ4n) is 3.10. The number of unbranched alkanes of at least 4 members (excludes halogenated alkanes) is 1. The first-order chi connectivity index (χ1) is 9.33. The van der Waals surface area contributed by atoms with Crippen LogP contribution in [-0.4, -0.2) is 6.29 Å². The Morgan fingerprint density at radius 3 is 2.42 bits per heavy atom. The molecule has 0 saturated heterocycles. The number of hydrogen-bond acceptors (Lipinski definition) is 2. The molecule has 0 amide bonds. The Labute approximate surface area is 115 Å². The van der Waals surface area contributed by atoms with Gasteiger partial charge in [-0.1, -0.05) is 18.6 Å². The smallest absolute Gasteiger partial charge is 0.119 e. The third kappa shape index (κ3) is 3.92. The normalized spacial score (nSPS) is 22.7. The summed E-state index contributed by atoms with van der Waals surface area (Å²) in [6, 6.07) is 10.2. The SMILES string of the molecule is N#Cc1ccc(C2CCC(CCCC=O)CC2)cc1. The van der Waals surface area contributed by atoms with Crippen LogP contribution in [0.4, 0.5) is 0 Å². The van der Waals surface area contributed by atoms with E-state index < -0.39 is 0 Å². The number of nitriles is 1. The van der Waals surface area contributed by atoms with Crippen LogP contribution in [0.5, 0.6) is 0 Å². The lowest BCUT2D eigenvalue weighted by molar-refractivity contribution is -0.108. The highest BCUT2D eigenvalue weighted by atomic mass is 16.1. The minimum Gasteiger partial charge on any atom is -0.303 e. The van der Waals surface area contributed by atoms with E-state index in [1.54, 1.807) is 0 Å². The molecule has 1 saturated carbocycles. The van der Waals surface area contributed by atoms with Gasteiger partial charge >= 0.3 is 0 Å². The number of carbonyl (C=O) groups excluding carboxylic acids is 1. The van der Waals surface area contributed by atoms with E-state index in [1.165, 1.54) is 37.7 Å². The van der Waals surface area contributed by atoms with Gasteiger partial charge in [-0.25, -0.2) is 0 Å². The van der Waals surface area contributed by atoms with Gasteiger partial charge in [0.15, 0.2) is 0 Å². The molecule has 19 heavy (non-hydrogen) atoms. The third-order valence-electron chi connectivity index (χ3n) is 4.29. The number of aldehydes is 1. The molecule has 0 aromatic heterocycles. The Morgan fingerprint density at radius 2 is 1.84 bits per heavy atom. The van der Waals surface area contributed by atoms with Crippen LogP contribution in [0.1, 0.15) is 62.0 Å². The maximum Gasteiger partial charge on any atom is 0.119 e. The number of hydrogen-bond donors (Lipinski definition) is 0. The zero-order valence-corrected chi connectivity index (χ0v) is 11.3. The predicted molar refractivity (Wildman–Crippen MR) is 75.8 cm³/mol. The highest BCUT2D eigenvalue weighted by molar-refractivity contribution is 5.48. The largest absolute Gasteiger partial charge is 0.303 e. The lowest BCUT2D eigenvalue weighted by Crippen LogP contribution is -2.13. The minimum absolute atomic E-state index is 0.662. The molecule has 0 N–H and O–H groups in total. The first-order valence-electron chi connectivity index (χ1n) is 7.27. The predicted octanol–water partition coefficient (Wildman–Crippen LogP) is 4.20. The number of rotatable bonds is 5. The van der Waals surface area contributed by atoms with Crippen molar-refractivity contribution >= 4 is 6.29 Å². The molecule has 0 atom stereocenters. The molecule has 2 heteroatoms. The maximum absolute atomic E-state index is 10.3. The number of nitrogens with zero attached hydrogens (tertiary/aromatic N) is 1. The second kappa shape index (κ2) is 7.09. The van der Waals surface area contributed by atoms with Gasteiger partial charge < -0.3 is 4.79 Å². The molecule has 0 bridgehead atoms. The van der Waals surface area contributed by atoms with Crippen LogP contribution in [0.15, 0.2) is 24.3 Å². The second-order valence-electron chi connectivity index (χ2n) is 5.55. The van der Waals surface area contributed by atoms with Crippen LogP contribution in [0.3, 0.4) is 0 Å². The molecule has 0 aliphatic heterocycles. The van der Waals surface area contributed by atoms with Crippen LogP contribution < -0.4 is 0 Å². The van der Waals surface area contributed by atoms with Crippen molar-refractivity contribution < 1.29 is 4.79 Å². The van der Waals surface area contributed by atoms with E-state index in [1.807, 2.05) is 12.1 Å². The van der Waals surface area contributed by atoms with Crippen LogP contribution >= 0.6 is 0 Å². The lowest BCUT2D eigenvalue weighted by atomic mass is 9.77. The van der Waals surface area contributed by atoms with Gasteiger partial charge in [0.1, 0.15) is 6.29 Å². The van der Waals surface area contributed by atoms with E-state index in [-0.39, 0.29) is 0 Å². The lowest BCUT2D eigenvalue weighted by Gasteiger charge is -2.28. The molecule has 0 radical (unpaired) electrons. The first-order valence-corrected chi connectivity index (χ1v) is 7.27. The Bertz CT molecular complexity index is 435. The van der Waals surface area contributed by atoms with E-state index >= 15 is 0 Å². The van der Waals surface area contributed by atoms with E-state index in [0.29, 0.717) is 5.92 Å². The fourth-order valence-corrected chi connectivity index (χ4v) is 3.10. The van der Waals surface area contributed by atoms with E-state index in [2.05, 4.69) is 18.2 Å². The molecule has 1 aliphatic rings. The number of benzene rings is 1. The molecule has 2 rings (SSSR count). The van der Waals surface area contributed by atoms with Gasteiger partial charge in [-0.15, -0.1) is 0 Å². The number of carbonyl (C=O) groups is 1. The van der Waals surface area contributed by atoms with Gasteiger partial charge in [0.25, 0.3) is 0 Å². The van der Waals surface area contributed by atoms with Crippen molar-refractivity contribution in [2.75, 3.05) is 0 Å². The third-order valence-corrected chi connectivity index (χ3v) is 4.29. The molecule has 2 nitrogen and oxygen atoms in total. The van der Waals surface area contributed by atoms with Crippen molar-refractivity contribution in [2.45, 2.75) is 50.9 Å². The van der Waals surface area contributed by atoms with Crippen LogP contribution in [0.25, 0.3) is 0 Å². The van der Waals surface area contributed by atoms with Gasteiger partial charge in [-0.05, 0) is 61.6 Å². The molecule has 1 aromatic rings. The topological polar surface area (TPSA) is 40.9 Å². The van der Waals surface area contributed by atoms with Crippen molar-refractivity contribution in [1.29, 1.82) is 5.26 Å². The molecular formula is C17H21NO. The van der Waals surface area contributed by atoms with Gasteiger partial charge in [-0.2, -0.15) is 5.26 Å². The molecular weight excluding hydrogens is 234 g/mol. The summed E-state index contributed by atoms with van der Waals surface area (Å²) in [6.45, 7) is 0. The van der Waals surface area contributed by atoms with Crippen molar-refractivity contribution in [1.82, 2.24) is 0 Å². The fraction of sp³-hybridized carbons (Fsp3) is 0.529. The highest BCUT2D eigenvalue weighted by Gasteiger charge is 2.21. The summed E-state index contributed by atoms with van der Waals surface area (Å²) in [5.74, 6) is 1.48. The Kier molecular flexibility index (Phi) is 5.15. The minimum atomic E-state index is 0.662. The van der Waals surface area contributed by atoms with E-state index in [9.17, 15) is 4.79 Å². The summed E-state index contributed by atoms with van der Waals surface area (Å²) < 4.78 is 0. The second-order valence-corrected chi connectivity index (χ2v) is 5.55. The first kappa shape index (κ1) is 13.8. The zero-order chi connectivity index (χ0) is 13.5. The summed E-state index contributed by atoms with van der Waals surface area (Å²) in [5.41, 5.74) is 2.12. The Morgan fingerprint density at radius 1 is 1.16 bits per heavy atom. The van der Waals surface area contributed by atoms with Gasteiger partial charge in [-0.3, -0.25) is 0 Å². The monoisotopic (exact) mass is 255 g/mol. The van der Waals surface area contributed by atoms with Crippen molar-refractivity contribution in [3.8, 4) is 6.07 Å². The van der Waals surface area contributed by atoms with Crippen molar-refractivity contribution in [2.24, 2.45) is 5.92 Å².